The Morgan fingerprint density at radius 2 is 2.00 bits per heavy atom. The van der Waals surface area contributed by atoms with Crippen molar-refractivity contribution >= 4 is 33.3 Å². The van der Waals surface area contributed by atoms with Crippen LogP contribution in [0.15, 0.2) is 74.6 Å². The quantitative estimate of drug-likeness (QED) is 0.256. The lowest BCUT2D eigenvalue weighted by atomic mass is 10.3. The van der Waals surface area contributed by atoms with Crippen LogP contribution in [0.25, 0.3) is 27.4 Å². The zero-order valence-corrected chi connectivity index (χ0v) is 18.6. The maximum Gasteiger partial charge on any atom is 0.276 e. The number of benzene rings is 1. The number of thiophene rings is 1. The molecule has 0 saturated heterocycles. The van der Waals surface area contributed by atoms with E-state index in [1.807, 2.05) is 60.8 Å². The summed E-state index contributed by atoms with van der Waals surface area (Å²) in [5, 5.41) is 6.41. The minimum absolute atomic E-state index is 0.114. The number of thioether (sulfide) groups is 1. The lowest BCUT2D eigenvalue weighted by Gasteiger charge is -2.12. The molecule has 1 aromatic carbocycles. The summed E-state index contributed by atoms with van der Waals surface area (Å²) in [6, 6.07) is 14.7. The summed E-state index contributed by atoms with van der Waals surface area (Å²) in [4.78, 5) is 26.6. The van der Waals surface area contributed by atoms with E-state index in [2.05, 4.69) is 15.1 Å². The van der Waals surface area contributed by atoms with Crippen molar-refractivity contribution in [2.45, 2.75) is 17.8 Å². The fourth-order valence-corrected chi connectivity index (χ4v) is 4.72. The second-order valence-electron chi connectivity index (χ2n) is 6.61. The van der Waals surface area contributed by atoms with Crippen molar-refractivity contribution in [3.8, 4) is 23.0 Å². The van der Waals surface area contributed by atoms with E-state index >= 15 is 0 Å². The van der Waals surface area contributed by atoms with Gasteiger partial charge in [0.25, 0.3) is 5.56 Å². The normalized spacial score (nSPS) is 11.2. The first-order valence-corrected chi connectivity index (χ1v) is 11.7. The molecule has 0 spiro atoms. The van der Waals surface area contributed by atoms with Crippen molar-refractivity contribution in [3.05, 3.63) is 76.4 Å². The fourth-order valence-electron chi connectivity index (χ4n) is 3.11. The molecule has 5 aromatic rings. The smallest absolute Gasteiger partial charge is 0.276 e. The van der Waals surface area contributed by atoms with Crippen molar-refractivity contribution in [3.63, 3.8) is 0 Å². The highest BCUT2D eigenvalue weighted by Gasteiger charge is 2.17. The Bertz CT molecular complexity index is 1410. The lowest BCUT2D eigenvalue weighted by molar-refractivity contribution is 0.340. The monoisotopic (exact) mass is 463 g/mol. The summed E-state index contributed by atoms with van der Waals surface area (Å²) in [6.45, 7) is 2.51. The van der Waals surface area contributed by atoms with Crippen LogP contribution in [0.3, 0.4) is 0 Å². The Balaban J connectivity index is 1.47. The van der Waals surface area contributed by atoms with Gasteiger partial charge >= 0.3 is 0 Å². The molecular weight excluding hydrogens is 446 g/mol. The number of rotatable bonds is 7. The van der Waals surface area contributed by atoms with Crippen LogP contribution in [0.5, 0.6) is 5.75 Å². The summed E-state index contributed by atoms with van der Waals surface area (Å²) in [6.07, 6.45) is 1.68. The number of fused-ring (bicyclic) bond motifs is 1. The van der Waals surface area contributed by atoms with Gasteiger partial charge in [-0.2, -0.15) is 4.98 Å². The number of ether oxygens (including phenoxy) is 1. The minimum Gasteiger partial charge on any atom is -0.494 e. The van der Waals surface area contributed by atoms with E-state index in [0.29, 0.717) is 50.8 Å². The van der Waals surface area contributed by atoms with E-state index in [-0.39, 0.29) is 5.56 Å². The Morgan fingerprint density at radius 3 is 2.78 bits per heavy atom. The topological polar surface area (TPSA) is 95.9 Å². The van der Waals surface area contributed by atoms with E-state index in [9.17, 15) is 4.79 Å². The Hall–Kier alpha value is -3.50. The van der Waals surface area contributed by atoms with Gasteiger partial charge in [-0.05, 0) is 54.8 Å². The lowest BCUT2D eigenvalue weighted by Crippen LogP contribution is -2.20. The van der Waals surface area contributed by atoms with Gasteiger partial charge in [0.15, 0.2) is 5.16 Å². The molecule has 0 N–H and O–H groups in total. The first-order chi connectivity index (χ1) is 15.7. The van der Waals surface area contributed by atoms with Gasteiger partial charge in [0.1, 0.15) is 16.1 Å². The maximum atomic E-state index is 13.3. The van der Waals surface area contributed by atoms with Gasteiger partial charge in [0.05, 0.1) is 23.6 Å². The van der Waals surface area contributed by atoms with Crippen molar-refractivity contribution in [1.82, 2.24) is 24.7 Å². The predicted octanol–water partition coefficient (Wildman–Crippen LogP) is 4.58. The largest absolute Gasteiger partial charge is 0.494 e. The third-order valence-corrected chi connectivity index (χ3v) is 6.36. The molecule has 10 heteroatoms. The van der Waals surface area contributed by atoms with Crippen molar-refractivity contribution < 1.29 is 9.26 Å². The van der Waals surface area contributed by atoms with Crippen LogP contribution in [0.1, 0.15) is 12.8 Å². The summed E-state index contributed by atoms with van der Waals surface area (Å²) < 4.78 is 13.1. The molecule has 32 heavy (non-hydrogen) atoms. The molecule has 4 aromatic heterocycles. The summed E-state index contributed by atoms with van der Waals surface area (Å²) in [5.41, 5.74) is 1.90. The van der Waals surface area contributed by atoms with Crippen LogP contribution in [0.2, 0.25) is 0 Å². The first kappa shape index (κ1) is 20.4. The molecule has 0 aliphatic carbocycles. The van der Waals surface area contributed by atoms with Crippen LogP contribution >= 0.6 is 23.1 Å². The average Bonchev–Trinajstić information content (AvgIpc) is 3.49. The van der Waals surface area contributed by atoms with Gasteiger partial charge in [0.2, 0.25) is 11.7 Å². The van der Waals surface area contributed by atoms with E-state index in [1.54, 1.807) is 10.8 Å². The number of hydrogen-bond acceptors (Lipinski definition) is 9. The molecule has 8 nitrogen and oxygen atoms in total. The standard InChI is InChI=1S/C22H17N5O3S2/c1-2-29-15-8-6-14(7-9-15)27-21(28)19-16(10-12-31-19)24-22(27)32-13-18-25-20(26-30-18)17-5-3-4-11-23-17/h3-12H,2,13H2,1H3. The highest BCUT2D eigenvalue weighted by molar-refractivity contribution is 7.98. The highest BCUT2D eigenvalue weighted by atomic mass is 32.2. The summed E-state index contributed by atoms with van der Waals surface area (Å²) in [5.74, 6) is 1.95. The van der Waals surface area contributed by atoms with Crippen LogP contribution < -0.4 is 10.3 Å². The van der Waals surface area contributed by atoms with Crippen LogP contribution in [0.4, 0.5) is 0 Å². The van der Waals surface area contributed by atoms with Gasteiger partial charge in [-0.25, -0.2) is 4.98 Å². The van der Waals surface area contributed by atoms with Gasteiger partial charge in [-0.15, -0.1) is 11.3 Å². The van der Waals surface area contributed by atoms with Crippen LogP contribution in [-0.2, 0) is 5.75 Å². The predicted molar refractivity (Wildman–Crippen MR) is 123 cm³/mol. The van der Waals surface area contributed by atoms with E-state index in [0.717, 1.165) is 5.75 Å². The number of pyridine rings is 1. The molecule has 160 valence electrons. The molecule has 0 radical (unpaired) electrons. The zero-order valence-electron chi connectivity index (χ0n) is 17.0. The minimum atomic E-state index is -0.114. The molecule has 0 aliphatic heterocycles. The van der Waals surface area contributed by atoms with Crippen molar-refractivity contribution in [1.29, 1.82) is 0 Å². The third-order valence-electron chi connectivity index (χ3n) is 4.54. The molecule has 0 amide bonds. The summed E-state index contributed by atoms with van der Waals surface area (Å²) >= 11 is 2.74. The second-order valence-corrected chi connectivity index (χ2v) is 8.47. The molecule has 0 unspecified atom stereocenters. The Labute approximate surface area is 190 Å². The van der Waals surface area contributed by atoms with E-state index in [4.69, 9.17) is 14.2 Å². The average molecular weight is 464 g/mol. The van der Waals surface area contributed by atoms with Gasteiger partial charge in [-0.1, -0.05) is 23.0 Å². The Morgan fingerprint density at radius 1 is 1.12 bits per heavy atom. The highest BCUT2D eigenvalue weighted by Crippen LogP contribution is 2.27. The molecule has 0 bridgehead atoms. The molecule has 5 rings (SSSR count). The second kappa shape index (κ2) is 8.93. The number of aromatic nitrogens is 5. The van der Waals surface area contributed by atoms with Crippen molar-refractivity contribution in [2.24, 2.45) is 0 Å². The van der Waals surface area contributed by atoms with Gasteiger partial charge in [-0.3, -0.25) is 14.3 Å². The van der Waals surface area contributed by atoms with Crippen LogP contribution in [0, 0.1) is 0 Å². The molecular formula is C22H17N5O3S2. The Kier molecular flexibility index (Phi) is 5.70. The molecule has 0 atom stereocenters. The van der Waals surface area contributed by atoms with Crippen molar-refractivity contribution in [2.75, 3.05) is 6.61 Å². The maximum absolute atomic E-state index is 13.3. The SMILES string of the molecule is CCOc1ccc(-n2c(SCc3nc(-c4ccccn4)no3)nc3ccsc3c2=O)cc1. The molecule has 0 aliphatic rings. The van der Waals surface area contributed by atoms with Crippen LogP contribution in [-0.4, -0.2) is 31.3 Å². The zero-order chi connectivity index (χ0) is 21.9. The number of hydrogen-bond donors (Lipinski definition) is 0. The summed E-state index contributed by atoms with van der Waals surface area (Å²) in [7, 11) is 0. The van der Waals surface area contributed by atoms with Gasteiger partial charge in [0, 0.05) is 6.20 Å². The first-order valence-electron chi connectivity index (χ1n) is 9.83. The molecule has 0 saturated carbocycles. The molecule has 4 heterocycles. The van der Waals surface area contributed by atoms with E-state index < -0.39 is 0 Å². The third kappa shape index (κ3) is 4.02. The van der Waals surface area contributed by atoms with Gasteiger partial charge < -0.3 is 9.26 Å². The van der Waals surface area contributed by atoms with E-state index in [1.165, 1.54) is 23.1 Å². The number of nitrogens with zero attached hydrogens (tertiary/aromatic N) is 5. The molecule has 0 fully saturated rings. The fraction of sp³-hybridized carbons (Fsp3) is 0.136.